The lowest BCUT2D eigenvalue weighted by atomic mass is 10.0. The van der Waals surface area contributed by atoms with E-state index in [1.165, 1.54) is 295 Å². The fraction of sp³-hybridized carbons (Fsp3) is 1.00. The van der Waals surface area contributed by atoms with Crippen LogP contribution in [0.3, 0.4) is 0 Å². The second kappa shape index (κ2) is 43.4. The minimum Gasteiger partial charge on any atom is -0.373 e. The summed E-state index contributed by atoms with van der Waals surface area (Å²) in [4.78, 5) is 0. The van der Waals surface area contributed by atoms with E-state index in [1.807, 2.05) is 0 Å². The molecule has 1 saturated heterocycles. The highest BCUT2D eigenvalue weighted by atomic mass is 16.6. The van der Waals surface area contributed by atoms with Gasteiger partial charge in [0.2, 0.25) is 0 Å². The van der Waals surface area contributed by atoms with Gasteiger partial charge in [-0.2, -0.15) is 0 Å². The Labute approximate surface area is 318 Å². The van der Waals surface area contributed by atoms with Gasteiger partial charge in [0.1, 0.15) is 0 Å². The van der Waals surface area contributed by atoms with Crippen molar-refractivity contribution in [1.82, 2.24) is 0 Å². The van der Waals surface area contributed by atoms with E-state index in [1.54, 1.807) is 0 Å². The highest BCUT2D eigenvalue weighted by molar-refractivity contribution is 4.68. The summed E-state index contributed by atoms with van der Waals surface area (Å²) in [6.07, 6.45) is 68.7. The monoisotopic (exact) mass is 703 g/mol. The van der Waals surface area contributed by atoms with Crippen LogP contribution in [0.25, 0.3) is 0 Å². The Morgan fingerprint density at radius 2 is 0.380 bits per heavy atom. The number of ether oxygens (including phenoxy) is 1. The van der Waals surface area contributed by atoms with Gasteiger partial charge in [-0.15, -0.1) is 0 Å². The third-order valence-electron chi connectivity index (χ3n) is 12.0. The lowest BCUT2D eigenvalue weighted by Gasteiger charge is -2.05. The van der Waals surface area contributed by atoms with Crippen LogP contribution in [0.4, 0.5) is 0 Å². The normalized spacial score (nSPS) is 14.2. The molecule has 0 aromatic rings. The fourth-order valence-corrected chi connectivity index (χ4v) is 8.28. The van der Waals surface area contributed by atoms with Crippen molar-refractivity contribution in [2.24, 2.45) is 0 Å². The third kappa shape index (κ3) is 42.4. The largest absolute Gasteiger partial charge is 0.373 e. The van der Waals surface area contributed by atoms with Crippen molar-refractivity contribution < 1.29 is 4.74 Å². The number of hydrogen-bond acceptors (Lipinski definition) is 1. The van der Waals surface area contributed by atoms with E-state index in [0.29, 0.717) is 6.10 Å². The zero-order valence-electron chi connectivity index (χ0n) is 35.2. The van der Waals surface area contributed by atoms with E-state index < -0.39 is 0 Å². The van der Waals surface area contributed by atoms with Crippen molar-refractivity contribution in [3.05, 3.63) is 0 Å². The van der Waals surface area contributed by atoms with Gasteiger partial charge >= 0.3 is 0 Å². The molecule has 0 N–H and O–H groups in total. The second-order valence-corrected chi connectivity index (χ2v) is 17.3. The van der Waals surface area contributed by atoms with Crippen LogP contribution in [-0.2, 0) is 4.74 Å². The maximum atomic E-state index is 5.29. The van der Waals surface area contributed by atoms with Crippen LogP contribution in [0.2, 0.25) is 0 Å². The molecule has 0 saturated carbocycles. The Morgan fingerprint density at radius 3 is 0.520 bits per heavy atom. The van der Waals surface area contributed by atoms with Gasteiger partial charge in [0, 0.05) is 0 Å². The second-order valence-electron chi connectivity index (χ2n) is 17.3. The van der Waals surface area contributed by atoms with Gasteiger partial charge in [-0.05, 0) is 6.42 Å². The summed E-state index contributed by atoms with van der Waals surface area (Å²) in [5.74, 6) is 0. The van der Waals surface area contributed by atoms with E-state index in [4.69, 9.17) is 4.74 Å². The molecule has 0 aromatic heterocycles. The van der Waals surface area contributed by atoms with Gasteiger partial charge in [-0.1, -0.05) is 296 Å². The first-order chi connectivity index (χ1) is 24.9. The number of rotatable bonds is 46. The van der Waals surface area contributed by atoms with Gasteiger partial charge in [-0.3, -0.25) is 0 Å². The molecular weight excluding hydrogens is 605 g/mol. The Kier molecular flexibility index (Phi) is 41.6. The Hall–Kier alpha value is -0.0400. The van der Waals surface area contributed by atoms with Crippen LogP contribution < -0.4 is 0 Å². The van der Waals surface area contributed by atoms with E-state index in [-0.39, 0.29) is 0 Å². The third-order valence-corrected chi connectivity index (χ3v) is 12.0. The maximum Gasteiger partial charge on any atom is 0.0810 e. The highest BCUT2D eigenvalue weighted by Gasteiger charge is 2.20. The lowest BCUT2D eigenvalue weighted by Crippen LogP contribution is -1.86. The fourth-order valence-electron chi connectivity index (χ4n) is 8.28. The van der Waals surface area contributed by atoms with Crippen LogP contribution in [0, 0.1) is 0 Å². The highest BCUT2D eigenvalue weighted by Crippen LogP contribution is 2.20. The standard InChI is InChI=1S/C49H98O/c1-2-3-4-5-6-7-8-9-10-11-12-13-14-15-16-17-18-19-20-21-22-23-24-25-26-27-28-29-30-31-32-33-34-35-36-37-38-39-40-41-42-43-44-45-46-47-49-48-50-49/h49H,2-48H2,1H3. The topological polar surface area (TPSA) is 12.5 Å². The van der Waals surface area contributed by atoms with Crippen molar-refractivity contribution in [3.63, 3.8) is 0 Å². The van der Waals surface area contributed by atoms with Gasteiger partial charge in [-0.25, -0.2) is 0 Å². The van der Waals surface area contributed by atoms with E-state index >= 15 is 0 Å². The van der Waals surface area contributed by atoms with E-state index in [0.717, 1.165) is 6.61 Å². The van der Waals surface area contributed by atoms with Gasteiger partial charge in [0.25, 0.3) is 0 Å². The lowest BCUT2D eigenvalue weighted by molar-refractivity contribution is 0.387. The number of hydrogen-bond donors (Lipinski definition) is 0. The molecule has 300 valence electrons. The molecule has 1 atom stereocenters. The van der Waals surface area contributed by atoms with Crippen molar-refractivity contribution in [1.29, 1.82) is 0 Å². The molecular formula is C49H98O. The van der Waals surface area contributed by atoms with E-state index in [2.05, 4.69) is 6.92 Å². The molecule has 0 amide bonds. The molecule has 1 rings (SSSR count). The molecule has 0 bridgehead atoms. The summed E-state index contributed by atoms with van der Waals surface area (Å²) < 4.78 is 5.29. The van der Waals surface area contributed by atoms with Crippen LogP contribution in [-0.4, -0.2) is 12.7 Å². The van der Waals surface area contributed by atoms with Gasteiger partial charge in [0.05, 0.1) is 12.7 Å². The predicted molar refractivity (Wildman–Crippen MR) is 228 cm³/mol. The number of epoxide rings is 1. The first-order valence-electron chi connectivity index (χ1n) is 24.5. The first kappa shape index (κ1) is 48.0. The number of unbranched alkanes of at least 4 members (excludes halogenated alkanes) is 44. The summed E-state index contributed by atoms with van der Waals surface area (Å²) in [6, 6.07) is 0. The molecule has 1 heterocycles. The van der Waals surface area contributed by atoms with Crippen molar-refractivity contribution in [2.45, 2.75) is 308 Å². The Bertz CT molecular complexity index is 582. The Balaban J connectivity index is 1.57. The average molecular weight is 703 g/mol. The molecule has 0 spiro atoms. The maximum absolute atomic E-state index is 5.29. The minimum atomic E-state index is 0.646. The quantitative estimate of drug-likeness (QED) is 0.0454. The molecule has 1 fully saturated rings. The molecule has 1 aliphatic heterocycles. The minimum absolute atomic E-state index is 0.646. The van der Waals surface area contributed by atoms with Crippen LogP contribution in [0.1, 0.15) is 302 Å². The van der Waals surface area contributed by atoms with Crippen molar-refractivity contribution in [3.8, 4) is 0 Å². The van der Waals surface area contributed by atoms with Gasteiger partial charge < -0.3 is 4.74 Å². The predicted octanol–water partition coefficient (Wildman–Crippen LogP) is 18.3. The summed E-state index contributed by atoms with van der Waals surface area (Å²) in [6.45, 7) is 3.35. The van der Waals surface area contributed by atoms with Gasteiger partial charge in [0.15, 0.2) is 0 Å². The molecule has 1 nitrogen and oxygen atoms in total. The molecule has 0 radical (unpaired) electrons. The molecule has 0 aliphatic carbocycles. The average Bonchev–Trinajstić information content (AvgIpc) is 3.96. The van der Waals surface area contributed by atoms with Crippen molar-refractivity contribution >= 4 is 0 Å². The SMILES string of the molecule is CCCCCCCCCCCCCCCCCCCCCCCCCCCCCCCCCCCCCCCCCCCCCCCC1CO1. The first-order valence-corrected chi connectivity index (χ1v) is 24.5. The molecule has 50 heavy (non-hydrogen) atoms. The molecule has 0 aromatic carbocycles. The zero-order valence-corrected chi connectivity index (χ0v) is 35.2. The Morgan fingerprint density at radius 1 is 0.240 bits per heavy atom. The molecule has 1 unspecified atom stereocenters. The zero-order chi connectivity index (χ0) is 35.5. The molecule has 1 heteroatoms. The summed E-state index contributed by atoms with van der Waals surface area (Å²) in [5, 5.41) is 0. The van der Waals surface area contributed by atoms with Crippen LogP contribution in [0.15, 0.2) is 0 Å². The smallest absolute Gasteiger partial charge is 0.0810 e. The van der Waals surface area contributed by atoms with Crippen LogP contribution in [0.5, 0.6) is 0 Å². The summed E-state index contributed by atoms with van der Waals surface area (Å²) >= 11 is 0. The summed E-state index contributed by atoms with van der Waals surface area (Å²) in [7, 11) is 0. The summed E-state index contributed by atoms with van der Waals surface area (Å²) in [5.41, 5.74) is 0. The van der Waals surface area contributed by atoms with Crippen LogP contribution >= 0.6 is 0 Å². The van der Waals surface area contributed by atoms with Crippen molar-refractivity contribution in [2.75, 3.05) is 6.61 Å². The van der Waals surface area contributed by atoms with E-state index in [9.17, 15) is 0 Å². The molecule has 1 aliphatic rings.